The molecule has 0 amide bonds. The molecule has 0 bridgehead atoms. The maximum atomic E-state index is 13.1. The minimum Gasteiger partial charge on any atom is -0.473 e. The van der Waals surface area contributed by atoms with Crippen molar-refractivity contribution in [2.24, 2.45) is 11.8 Å². The van der Waals surface area contributed by atoms with Gasteiger partial charge in [0, 0.05) is 69.8 Å². The van der Waals surface area contributed by atoms with Crippen molar-refractivity contribution in [2.45, 2.75) is 115 Å². The second kappa shape index (κ2) is 25.5. The van der Waals surface area contributed by atoms with Crippen molar-refractivity contribution < 1.29 is 65.3 Å². The maximum Gasteiger partial charge on any atom is 0.426 e. The molecule has 0 radical (unpaired) electrons. The number of nitrogens with zero attached hydrogens (tertiary/aromatic N) is 4. The predicted molar refractivity (Wildman–Crippen MR) is 277 cm³/mol. The fourth-order valence-corrected chi connectivity index (χ4v) is 13.4. The Bertz CT molecular complexity index is 2920. The maximum absolute atomic E-state index is 13.1. The van der Waals surface area contributed by atoms with Gasteiger partial charge < -0.3 is 28.8 Å². The van der Waals surface area contributed by atoms with E-state index in [0.717, 1.165) is 69.1 Å². The van der Waals surface area contributed by atoms with E-state index in [1.807, 2.05) is 124 Å². The number of rotatable bonds is 14. The molecule has 20 nitrogen and oxygen atoms in total. The van der Waals surface area contributed by atoms with Crippen LogP contribution in [-0.4, -0.2) is 93.0 Å². The highest BCUT2D eigenvalue weighted by Crippen LogP contribution is 2.38. The van der Waals surface area contributed by atoms with Crippen LogP contribution >= 0.6 is 22.7 Å². The van der Waals surface area contributed by atoms with Crippen LogP contribution in [0.5, 0.6) is 0 Å². The standard InChI is InChI=1S/2C22H29N3O2S2.C6H2O10/c2*1-16(2)12-19-13-20(21(28-19)29(26,27)24-22(3,4)5)18-8-6-17(7-9-18)14-25-11-10-23-15-25;7-1(8)3(11)15-5(13)6(14)16-4(12)2(9)10/h2*6-11,13,15-16,24H,12,14H2,1-5H3;(H,7,8)(H,9,10). The Morgan fingerprint density at radius 1 is 0.568 bits per heavy atom. The van der Waals surface area contributed by atoms with Crippen LogP contribution in [0, 0.1) is 11.8 Å². The number of carboxylic acids is 2. The van der Waals surface area contributed by atoms with Crippen molar-refractivity contribution in [3.8, 4) is 22.3 Å². The summed E-state index contributed by atoms with van der Waals surface area (Å²) in [6.45, 7) is 21.2. The average Bonchev–Trinajstić information content (AvgIpc) is 4.12. The van der Waals surface area contributed by atoms with Crippen molar-refractivity contribution in [1.29, 1.82) is 0 Å². The van der Waals surface area contributed by atoms with Crippen molar-refractivity contribution in [3.63, 3.8) is 0 Å². The van der Waals surface area contributed by atoms with E-state index >= 15 is 0 Å². The van der Waals surface area contributed by atoms with Crippen LogP contribution in [0.15, 0.2) is 107 Å². The number of aliphatic carboxylic acids is 2. The van der Waals surface area contributed by atoms with Crippen LogP contribution in [0.25, 0.3) is 22.3 Å². The van der Waals surface area contributed by atoms with Crippen molar-refractivity contribution in [1.82, 2.24) is 28.5 Å². The molecule has 0 saturated carbocycles. The number of thiophene rings is 2. The summed E-state index contributed by atoms with van der Waals surface area (Å²) in [5.41, 5.74) is 4.59. The van der Waals surface area contributed by atoms with Gasteiger partial charge in [0.2, 0.25) is 0 Å². The SMILES string of the molecule is CC(C)Cc1cc(-c2ccc(Cn3ccnc3)cc2)c(S(=O)(=O)NC(C)(C)C)s1.CC(C)Cc1cc(-c2ccc(Cn3ccnc3)cc2)c(S(=O)(=O)NC(C)(C)C)s1.O=C(O)C(=O)OC(=O)C(=O)OC(=O)C(=O)O. The molecular formula is C50H60N6O14S4. The summed E-state index contributed by atoms with van der Waals surface area (Å²) in [4.78, 5) is 71.4. The largest absolute Gasteiger partial charge is 0.473 e. The van der Waals surface area contributed by atoms with Gasteiger partial charge in [-0.1, -0.05) is 76.2 Å². The van der Waals surface area contributed by atoms with Crippen LogP contribution < -0.4 is 9.44 Å². The van der Waals surface area contributed by atoms with Gasteiger partial charge in [0.05, 0.1) is 12.7 Å². The molecule has 0 aliphatic heterocycles. The third-order valence-corrected chi connectivity index (χ3v) is 16.3. The van der Waals surface area contributed by atoms with Crippen molar-refractivity contribution >= 4 is 78.5 Å². The van der Waals surface area contributed by atoms with Crippen LogP contribution in [0.1, 0.15) is 90.1 Å². The Balaban J connectivity index is 0.000000252. The molecule has 4 aromatic heterocycles. The molecule has 6 aromatic rings. The molecular weight excluding hydrogens is 1040 g/mol. The van der Waals surface area contributed by atoms with Gasteiger partial charge in [-0.05, 0) is 101 Å². The van der Waals surface area contributed by atoms with Crippen molar-refractivity contribution in [2.75, 3.05) is 0 Å². The lowest BCUT2D eigenvalue weighted by molar-refractivity contribution is -0.182. The summed E-state index contributed by atoms with van der Waals surface area (Å²) in [7, 11) is -7.21. The van der Waals surface area contributed by atoms with E-state index in [0.29, 0.717) is 20.3 Å². The minimum absolute atomic E-state index is 0.394. The fourth-order valence-electron chi connectivity index (χ4n) is 6.65. The first kappa shape index (κ1) is 59.9. The normalized spacial score (nSPS) is 11.8. The second-order valence-electron chi connectivity index (χ2n) is 19.6. The molecule has 74 heavy (non-hydrogen) atoms. The first-order valence-electron chi connectivity index (χ1n) is 22.7. The molecule has 398 valence electrons. The molecule has 4 N–H and O–H groups in total. The Hall–Kier alpha value is -6.70. The summed E-state index contributed by atoms with van der Waals surface area (Å²) in [5.74, 6) is -11.8. The lowest BCUT2D eigenvalue weighted by Gasteiger charge is -2.20. The van der Waals surface area contributed by atoms with Crippen molar-refractivity contribution in [3.05, 3.63) is 119 Å². The van der Waals surface area contributed by atoms with Crippen LogP contribution in [0.3, 0.4) is 0 Å². The number of imidazole rings is 2. The third kappa shape index (κ3) is 19.0. The molecule has 0 aliphatic carbocycles. The quantitative estimate of drug-likeness (QED) is 0.0478. The molecule has 0 aliphatic rings. The highest BCUT2D eigenvalue weighted by Gasteiger charge is 2.31. The summed E-state index contributed by atoms with van der Waals surface area (Å²) >= 11 is 2.75. The van der Waals surface area contributed by atoms with E-state index in [-0.39, 0.29) is 0 Å². The molecule has 24 heteroatoms. The molecule has 0 atom stereocenters. The highest BCUT2D eigenvalue weighted by atomic mass is 32.3. The van der Waals surface area contributed by atoms with Gasteiger partial charge in [0.1, 0.15) is 8.42 Å². The van der Waals surface area contributed by atoms with Gasteiger partial charge >= 0.3 is 35.8 Å². The van der Waals surface area contributed by atoms with E-state index in [2.05, 4.69) is 56.6 Å². The van der Waals surface area contributed by atoms with Gasteiger partial charge in [0.25, 0.3) is 20.0 Å². The number of benzene rings is 2. The number of hydrogen-bond donors (Lipinski definition) is 4. The number of ether oxygens (including phenoxy) is 2. The first-order chi connectivity index (χ1) is 34.3. The van der Waals surface area contributed by atoms with Crippen LogP contribution in [0.4, 0.5) is 0 Å². The predicted octanol–water partition coefficient (Wildman–Crippen LogP) is 7.17. The highest BCUT2D eigenvalue weighted by molar-refractivity contribution is 7.92. The van der Waals surface area contributed by atoms with Gasteiger partial charge in [-0.3, -0.25) is 0 Å². The molecule has 0 fully saturated rings. The number of carbonyl (C=O) groups excluding carboxylic acids is 4. The monoisotopic (exact) mass is 1100 g/mol. The molecule has 4 heterocycles. The van der Waals surface area contributed by atoms with Crippen LogP contribution in [0.2, 0.25) is 0 Å². The van der Waals surface area contributed by atoms with E-state index in [1.165, 1.54) is 22.7 Å². The first-order valence-corrected chi connectivity index (χ1v) is 27.3. The molecule has 0 unspecified atom stereocenters. The van der Waals surface area contributed by atoms with E-state index in [4.69, 9.17) is 10.2 Å². The van der Waals surface area contributed by atoms with Gasteiger partial charge in [-0.2, -0.15) is 0 Å². The van der Waals surface area contributed by atoms with Crippen LogP contribution in [-0.2, 0) is 84.2 Å². The molecule has 0 spiro atoms. The fraction of sp³-hybridized carbons (Fsp3) is 0.360. The lowest BCUT2D eigenvalue weighted by Crippen LogP contribution is -2.40. The van der Waals surface area contributed by atoms with E-state index < -0.39 is 66.9 Å². The number of esters is 4. The number of sulfonamides is 2. The Kier molecular flexibility index (Phi) is 20.6. The zero-order valence-electron chi connectivity index (χ0n) is 42.4. The molecule has 0 saturated heterocycles. The Morgan fingerprint density at radius 2 is 0.892 bits per heavy atom. The molecule has 2 aromatic carbocycles. The topological polar surface area (TPSA) is 289 Å². The summed E-state index contributed by atoms with van der Waals surface area (Å²) in [6, 6.07) is 20.3. The Labute approximate surface area is 437 Å². The number of carbonyl (C=O) groups is 6. The number of hydrogen-bond acceptors (Lipinski definition) is 16. The summed E-state index contributed by atoms with van der Waals surface area (Å²) < 4.78 is 69.5. The smallest absolute Gasteiger partial charge is 0.426 e. The summed E-state index contributed by atoms with van der Waals surface area (Å²) in [5, 5.41) is 15.9. The van der Waals surface area contributed by atoms with Gasteiger partial charge in [-0.25, -0.2) is 65.0 Å². The number of aromatic nitrogens is 4. The molecule has 6 rings (SSSR count). The average molecular weight is 1100 g/mol. The Morgan fingerprint density at radius 3 is 1.15 bits per heavy atom. The number of nitrogens with one attached hydrogen (secondary N) is 2. The zero-order valence-corrected chi connectivity index (χ0v) is 45.7. The number of carboxylic acid groups (broad SMARTS) is 2. The van der Waals surface area contributed by atoms with Gasteiger partial charge in [-0.15, -0.1) is 22.7 Å². The van der Waals surface area contributed by atoms with Gasteiger partial charge in [0.15, 0.2) is 0 Å². The third-order valence-electron chi connectivity index (χ3n) is 9.35. The zero-order chi connectivity index (χ0) is 55.3. The second-order valence-corrected chi connectivity index (χ2v) is 25.6. The van der Waals surface area contributed by atoms with E-state index in [1.54, 1.807) is 25.0 Å². The lowest BCUT2D eigenvalue weighted by atomic mass is 10.0. The minimum atomic E-state index is -3.61. The van der Waals surface area contributed by atoms with E-state index in [9.17, 15) is 45.6 Å². The summed E-state index contributed by atoms with van der Waals surface area (Å²) in [6.07, 6.45) is 12.7.